The highest BCUT2D eigenvalue weighted by atomic mass is 127. The predicted molar refractivity (Wildman–Crippen MR) is 93.8 cm³/mol. The molecule has 0 saturated carbocycles. The minimum Gasteiger partial charge on any atom is -0.488 e. The van der Waals surface area contributed by atoms with E-state index in [0.717, 1.165) is 0 Å². The highest BCUT2D eigenvalue weighted by molar-refractivity contribution is 14.1. The maximum Gasteiger partial charge on any atom is 0.314 e. The molecule has 0 saturated heterocycles. The first kappa shape index (κ1) is 15.5. The number of nitrogens with zero attached hydrogens (tertiary/aromatic N) is 1. The summed E-state index contributed by atoms with van der Waals surface area (Å²) in [6, 6.07) is 11.7. The summed E-state index contributed by atoms with van der Waals surface area (Å²) in [5.41, 5.74) is 0.290. The number of ether oxygens (including phenoxy) is 1. The van der Waals surface area contributed by atoms with Crippen LogP contribution in [-0.2, 0) is 0 Å². The first-order valence-electron chi connectivity index (χ1n) is 6.57. The van der Waals surface area contributed by atoms with Gasteiger partial charge in [0.25, 0.3) is 0 Å². The van der Waals surface area contributed by atoms with Crippen molar-refractivity contribution in [1.82, 2.24) is 0 Å². The van der Waals surface area contributed by atoms with E-state index in [0.29, 0.717) is 14.9 Å². The minimum atomic E-state index is -0.571. The van der Waals surface area contributed by atoms with Gasteiger partial charge in [-0.25, -0.2) is 0 Å². The van der Waals surface area contributed by atoms with Crippen LogP contribution >= 0.6 is 22.6 Å². The average Bonchev–Trinajstić information content (AvgIpc) is 2.57. The van der Waals surface area contributed by atoms with Gasteiger partial charge in [0.05, 0.1) is 17.4 Å². The molecule has 0 aliphatic rings. The molecule has 0 fully saturated rings. The zero-order chi connectivity index (χ0) is 16.6. The van der Waals surface area contributed by atoms with Crippen LogP contribution in [0.3, 0.4) is 0 Å². The van der Waals surface area contributed by atoms with Crippen LogP contribution in [0.25, 0.3) is 22.3 Å². The van der Waals surface area contributed by atoms with Gasteiger partial charge < -0.3 is 9.15 Å². The van der Waals surface area contributed by atoms with Crippen molar-refractivity contribution in [2.75, 3.05) is 7.11 Å². The van der Waals surface area contributed by atoms with E-state index in [2.05, 4.69) is 0 Å². The van der Waals surface area contributed by atoms with Gasteiger partial charge in [-0.3, -0.25) is 14.9 Å². The Hall–Kier alpha value is -2.42. The number of methoxy groups -OCH3 is 1. The van der Waals surface area contributed by atoms with Crippen molar-refractivity contribution in [2.45, 2.75) is 0 Å². The van der Waals surface area contributed by atoms with E-state index in [1.165, 1.54) is 19.2 Å². The molecule has 0 amide bonds. The van der Waals surface area contributed by atoms with Crippen LogP contribution in [0, 0.1) is 13.7 Å². The van der Waals surface area contributed by atoms with Gasteiger partial charge in [0.1, 0.15) is 3.57 Å². The molecule has 1 heterocycles. The van der Waals surface area contributed by atoms with Gasteiger partial charge in [0.15, 0.2) is 11.3 Å². The Kier molecular flexibility index (Phi) is 4.03. The summed E-state index contributed by atoms with van der Waals surface area (Å²) in [7, 11) is 1.31. The van der Waals surface area contributed by atoms with Crippen molar-refractivity contribution in [2.24, 2.45) is 0 Å². The van der Waals surface area contributed by atoms with Crippen molar-refractivity contribution in [3.05, 3.63) is 66.4 Å². The highest BCUT2D eigenvalue weighted by Gasteiger charge is 2.23. The van der Waals surface area contributed by atoms with E-state index in [1.54, 1.807) is 12.1 Å². The number of halogens is 1. The molecular weight excluding hydrogens is 413 g/mol. The smallest absolute Gasteiger partial charge is 0.314 e. The van der Waals surface area contributed by atoms with Gasteiger partial charge >= 0.3 is 5.69 Å². The zero-order valence-corrected chi connectivity index (χ0v) is 14.1. The molecule has 116 valence electrons. The number of rotatable bonds is 3. The molecule has 23 heavy (non-hydrogen) atoms. The first-order valence-corrected chi connectivity index (χ1v) is 7.65. The molecule has 3 aromatic rings. The molecule has 0 aliphatic heterocycles. The molecule has 0 radical (unpaired) electrons. The molecule has 3 rings (SSSR count). The monoisotopic (exact) mass is 423 g/mol. The second kappa shape index (κ2) is 5.99. The summed E-state index contributed by atoms with van der Waals surface area (Å²) < 4.78 is 11.4. The lowest BCUT2D eigenvalue weighted by molar-refractivity contribution is -0.385. The second-order valence-corrected chi connectivity index (χ2v) is 5.77. The van der Waals surface area contributed by atoms with Crippen LogP contribution in [0.4, 0.5) is 5.69 Å². The van der Waals surface area contributed by atoms with E-state index >= 15 is 0 Å². The summed E-state index contributed by atoms with van der Waals surface area (Å²) >= 11 is 1.92. The largest absolute Gasteiger partial charge is 0.488 e. The molecule has 0 N–H and O–H groups in total. The Morgan fingerprint density at radius 2 is 1.87 bits per heavy atom. The Morgan fingerprint density at radius 1 is 1.17 bits per heavy atom. The molecular formula is C16H10INO5. The van der Waals surface area contributed by atoms with Crippen LogP contribution in [-0.4, -0.2) is 12.0 Å². The van der Waals surface area contributed by atoms with Crippen molar-refractivity contribution >= 4 is 39.2 Å². The molecule has 0 atom stereocenters. The van der Waals surface area contributed by atoms with Gasteiger partial charge in [-0.15, -0.1) is 0 Å². The van der Waals surface area contributed by atoms with Crippen LogP contribution in [0.1, 0.15) is 0 Å². The summed E-state index contributed by atoms with van der Waals surface area (Å²) in [5.74, 6) is 0.306. The summed E-state index contributed by atoms with van der Waals surface area (Å²) in [6.45, 7) is 0. The van der Waals surface area contributed by atoms with Crippen molar-refractivity contribution < 1.29 is 14.1 Å². The van der Waals surface area contributed by atoms with Gasteiger partial charge in [-0.2, -0.15) is 0 Å². The third-order valence-electron chi connectivity index (χ3n) is 3.38. The van der Waals surface area contributed by atoms with Gasteiger partial charge in [-0.05, 0) is 28.7 Å². The third-order valence-corrected chi connectivity index (χ3v) is 4.36. The second-order valence-electron chi connectivity index (χ2n) is 4.69. The Balaban J connectivity index is 2.43. The molecule has 0 spiro atoms. The van der Waals surface area contributed by atoms with E-state index < -0.39 is 4.92 Å². The maximum atomic E-state index is 12.6. The molecule has 0 bridgehead atoms. The number of hydrogen-bond donors (Lipinski definition) is 0. The first-order chi connectivity index (χ1) is 11.0. The lowest BCUT2D eigenvalue weighted by Crippen LogP contribution is -2.08. The lowest BCUT2D eigenvalue weighted by atomic mass is 10.1. The van der Waals surface area contributed by atoms with Gasteiger partial charge in [0, 0.05) is 11.6 Å². The van der Waals surface area contributed by atoms with Crippen LogP contribution in [0.5, 0.6) is 5.75 Å². The van der Waals surface area contributed by atoms with Gasteiger partial charge in [0.2, 0.25) is 11.2 Å². The van der Waals surface area contributed by atoms with E-state index in [1.807, 2.05) is 40.8 Å². The van der Waals surface area contributed by atoms with E-state index in [4.69, 9.17) is 9.15 Å². The third kappa shape index (κ3) is 2.56. The lowest BCUT2D eigenvalue weighted by Gasteiger charge is -2.09. The SMILES string of the molecule is COc1c([N+](=O)[O-])ccc2c(=O)c(I)c(-c3ccccc3)oc12. The summed E-state index contributed by atoms with van der Waals surface area (Å²) in [5, 5.41) is 11.4. The topological polar surface area (TPSA) is 82.6 Å². The summed E-state index contributed by atoms with van der Waals surface area (Å²) in [6.07, 6.45) is 0. The predicted octanol–water partition coefficient (Wildman–Crippen LogP) is 3.98. The quantitative estimate of drug-likeness (QED) is 0.362. The fourth-order valence-corrected chi connectivity index (χ4v) is 3.03. The fourth-order valence-electron chi connectivity index (χ4n) is 2.32. The fraction of sp³-hybridized carbons (Fsp3) is 0.0625. The number of benzene rings is 2. The number of hydrogen-bond acceptors (Lipinski definition) is 5. The molecule has 6 nitrogen and oxygen atoms in total. The number of nitro benzene ring substituents is 1. The molecule has 1 aromatic heterocycles. The van der Waals surface area contributed by atoms with Crippen LogP contribution in [0.15, 0.2) is 51.7 Å². The Bertz CT molecular complexity index is 966. The molecule has 0 unspecified atom stereocenters. The standard InChI is InChI=1S/C16H10INO5/c1-22-16-11(18(20)21)8-7-10-13(19)12(17)14(23-15(10)16)9-5-3-2-4-6-9/h2-8H,1H3. The Morgan fingerprint density at radius 3 is 2.48 bits per heavy atom. The van der Waals surface area contributed by atoms with Crippen molar-refractivity contribution in [3.63, 3.8) is 0 Å². The Labute approximate surface area is 144 Å². The molecule has 0 aliphatic carbocycles. The van der Waals surface area contributed by atoms with Gasteiger partial charge in [-0.1, -0.05) is 30.3 Å². The number of fused-ring (bicyclic) bond motifs is 1. The number of nitro groups is 1. The van der Waals surface area contributed by atoms with Crippen LogP contribution in [0.2, 0.25) is 0 Å². The van der Waals surface area contributed by atoms with Crippen molar-refractivity contribution in [3.8, 4) is 17.1 Å². The van der Waals surface area contributed by atoms with E-state index in [-0.39, 0.29) is 27.8 Å². The molecule has 2 aromatic carbocycles. The van der Waals surface area contributed by atoms with E-state index in [9.17, 15) is 14.9 Å². The molecule has 7 heteroatoms. The normalized spacial score (nSPS) is 10.7. The van der Waals surface area contributed by atoms with Crippen LogP contribution < -0.4 is 10.2 Å². The summed E-state index contributed by atoms with van der Waals surface area (Å²) in [4.78, 5) is 23.1. The minimum absolute atomic E-state index is 0.0572. The highest BCUT2D eigenvalue weighted by Crippen LogP contribution is 2.37. The van der Waals surface area contributed by atoms with Crippen molar-refractivity contribution in [1.29, 1.82) is 0 Å². The zero-order valence-electron chi connectivity index (χ0n) is 11.9. The maximum absolute atomic E-state index is 12.6. The average molecular weight is 423 g/mol.